The SMILES string of the molecule is CCc1cccc(CC)c1NC(=O)COC(=O)[C@H](Cc1ccccc1)N1C(=O)[C@H]2[C@H](C1=O)[C@H]1C=C[C@H]2C1. The van der Waals surface area contributed by atoms with E-state index in [0.29, 0.717) is 0 Å². The van der Waals surface area contributed by atoms with E-state index >= 15 is 0 Å². The van der Waals surface area contributed by atoms with E-state index in [4.69, 9.17) is 4.74 Å². The van der Waals surface area contributed by atoms with Gasteiger partial charge < -0.3 is 10.1 Å². The van der Waals surface area contributed by atoms with Gasteiger partial charge in [0.2, 0.25) is 11.8 Å². The molecule has 0 radical (unpaired) electrons. The highest BCUT2D eigenvalue weighted by Crippen LogP contribution is 2.53. The Morgan fingerprint density at radius 2 is 1.51 bits per heavy atom. The second-order valence-electron chi connectivity index (χ2n) is 10.1. The van der Waals surface area contributed by atoms with E-state index in [1.54, 1.807) is 0 Å². The Morgan fingerprint density at radius 3 is 2.08 bits per heavy atom. The number of anilines is 1. The smallest absolute Gasteiger partial charge is 0.330 e. The number of carbonyl (C=O) groups is 4. The topological polar surface area (TPSA) is 92.8 Å². The Hall–Kier alpha value is -3.74. The van der Waals surface area contributed by atoms with E-state index in [1.165, 1.54) is 0 Å². The Labute approximate surface area is 216 Å². The van der Waals surface area contributed by atoms with Crippen LogP contribution in [0.4, 0.5) is 5.69 Å². The Bertz CT molecular complexity index is 1200. The van der Waals surface area contributed by atoms with Crippen LogP contribution < -0.4 is 5.32 Å². The van der Waals surface area contributed by atoms with Gasteiger partial charge in [-0.15, -0.1) is 0 Å². The third kappa shape index (κ3) is 4.59. The van der Waals surface area contributed by atoms with Crippen LogP contribution in [0.25, 0.3) is 0 Å². The van der Waals surface area contributed by atoms with Crippen LogP contribution in [0.2, 0.25) is 0 Å². The molecular formula is C30H32N2O5. The summed E-state index contributed by atoms with van der Waals surface area (Å²) < 4.78 is 5.45. The minimum absolute atomic E-state index is 0.0435. The van der Waals surface area contributed by atoms with Crippen molar-refractivity contribution in [3.8, 4) is 0 Å². The average molecular weight is 501 g/mol. The molecule has 3 aliphatic rings. The summed E-state index contributed by atoms with van der Waals surface area (Å²) in [5.41, 5.74) is 3.56. The number of amides is 3. The van der Waals surface area contributed by atoms with Gasteiger partial charge in [0.15, 0.2) is 6.61 Å². The van der Waals surface area contributed by atoms with Crippen molar-refractivity contribution < 1.29 is 23.9 Å². The molecule has 1 aliphatic heterocycles. The van der Waals surface area contributed by atoms with Gasteiger partial charge in [-0.05, 0) is 47.8 Å². The molecule has 0 aromatic heterocycles. The van der Waals surface area contributed by atoms with Crippen molar-refractivity contribution >= 4 is 29.4 Å². The molecule has 0 spiro atoms. The third-order valence-corrected chi connectivity index (χ3v) is 7.97. The standard InChI is InChI=1S/C30H32N2O5/c1-3-19-11-8-12-20(4-2)27(19)31-24(33)17-37-30(36)23(15-18-9-6-5-7-10-18)32-28(34)25-21-13-14-22(16-21)26(25)29(32)35/h5-14,21-23,25-26H,3-4,15-17H2,1-2H3,(H,31,33)/t21-,22-,23-,25+,26+/m0/s1. The predicted molar refractivity (Wildman–Crippen MR) is 138 cm³/mol. The average Bonchev–Trinajstić information content (AvgIpc) is 3.60. The predicted octanol–water partition coefficient (Wildman–Crippen LogP) is 3.71. The number of ether oxygens (including phenoxy) is 1. The van der Waals surface area contributed by atoms with Crippen molar-refractivity contribution in [3.05, 3.63) is 77.4 Å². The number of rotatable bonds is 9. The molecule has 5 atom stereocenters. The van der Waals surface area contributed by atoms with Crippen LogP contribution in [0.1, 0.15) is 37.0 Å². The highest BCUT2D eigenvalue weighted by atomic mass is 16.5. The monoisotopic (exact) mass is 500 g/mol. The van der Waals surface area contributed by atoms with Crippen LogP contribution in [0.3, 0.4) is 0 Å². The van der Waals surface area contributed by atoms with Gasteiger partial charge in [0, 0.05) is 12.1 Å². The number of para-hydroxylation sites is 1. The summed E-state index contributed by atoms with van der Waals surface area (Å²) in [6.07, 6.45) is 6.50. The number of likely N-dealkylation sites (tertiary alicyclic amines) is 1. The second kappa shape index (κ2) is 10.3. The highest BCUT2D eigenvalue weighted by molar-refractivity contribution is 6.09. The van der Waals surface area contributed by atoms with Gasteiger partial charge in [-0.3, -0.25) is 19.3 Å². The number of carbonyl (C=O) groups excluding carboxylic acids is 4. The van der Waals surface area contributed by atoms with E-state index in [1.807, 2.05) is 74.5 Å². The fraction of sp³-hybridized carbons (Fsp3) is 0.400. The molecule has 2 bridgehead atoms. The largest absolute Gasteiger partial charge is 0.454 e. The fourth-order valence-corrected chi connectivity index (χ4v) is 6.16. The van der Waals surface area contributed by atoms with E-state index in [2.05, 4.69) is 5.32 Å². The van der Waals surface area contributed by atoms with Crippen molar-refractivity contribution in [3.63, 3.8) is 0 Å². The summed E-state index contributed by atoms with van der Waals surface area (Å²) in [5, 5.41) is 2.89. The van der Waals surface area contributed by atoms with E-state index < -0.39 is 36.4 Å². The van der Waals surface area contributed by atoms with Crippen LogP contribution in [0.15, 0.2) is 60.7 Å². The highest BCUT2D eigenvalue weighted by Gasteiger charge is 2.61. The van der Waals surface area contributed by atoms with Crippen LogP contribution in [0.5, 0.6) is 0 Å². The van der Waals surface area contributed by atoms with E-state index in [9.17, 15) is 19.2 Å². The Kier molecular flexibility index (Phi) is 6.96. The summed E-state index contributed by atoms with van der Waals surface area (Å²) in [4.78, 5) is 54.1. The molecule has 1 saturated carbocycles. The number of nitrogens with one attached hydrogen (secondary N) is 1. The summed E-state index contributed by atoms with van der Waals surface area (Å²) in [5.74, 6) is -2.55. The molecule has 2 aliphatic carbocycles. The molecule has 1 heterocycles. The first-order chi connectivity index (χ1) is 17.9. The number of benzene rings is 2. The quantitative estimate of drug-likeness (QED) is 0.322. The lowest BCUT2D eigenvalue weighted by Crippen LogP contribution is -2.48. The summed E-state index contributed by atoms with van der Waals surface area (Å²) in [6, 6.07) is 14.0. The second-order valence-corrected chi connectivity index (χ2v) is 10.1. The molecule has 1 saturated heterocycles. The molecule has 5 rings (SSSR count). The van der Waals surface area contributed by atoms with E-state index in [0.717, 1.165) is 46.5 Å². The number of aryl methyl sites for hydroxylation is 2. The summed E-state index contributed by atoms with van der Waals surface area (Å²) in [7, 11) is 0. The third-order valence-electron chi connectivity index (χ3n) is 7.97. The first-order valence-electron chi connectivity index (χ1n) is 13.1. The maximum Gasteiger partial charge on any atom is 0.330 e. The summed E-state index contributed by atoms with van der Waals surface area (Å²) >= 11 is 0. The van der Waals surface area contributed by atoms with Gasteiger partial charge in [-0.25, -0.2) is 4.79 Å². The van der Waals surface area contributed by atoms with Crippen molar-refractivity contribution in [2.24, 2.45) is 23.7 Å². The number of fused-ring (bicyclic) bond motifs is 5. The molecular weight excluding hydrogens is 468 g/mol. The normalized spacial score (nSPS) is 24.3. The molecule has 0 unspecified atom stereocenters. The molecule has 1 N–H and O–H groups in total. The minimum Gasteiger partial charge on any atom is -0.454 e. The van der Waals surface area contributed by atoms with Crippen molar-refractivity contribution in [2.45, 2.75) is 45.6 Å². The number of hydrogen-bond donors (Lipinski definition) is 1. The maximum atomic E-state index is 13.4. The molecule has 2 fully saturated rings. The zero-order valence-electron chi connectivity index (χ0n) is 21.2. The first kappa shape index (κ1) is 24.9. The van der Waals surface area contributed by atoms with Crippen LogP contribution in [0, 0.1) is 23.7 Å². The van der Waals surface area contributed by atoms with Gasteiger partial charge >= 0.3 is 5.97 Å². The number of imide groups is 1. The molecule has 2 aromatic rings. The van der Waals surface area contributed by atoms with Gasteiger partial charge in [0.1, 0.15) is 6.04 Å². The molecule has 2 aromatic carbocycles. The number of allylic oxidation sites excluding steroid dienone is 2. The lowest BCUT2D eigenvalue weighted by molar-refractivity contribution is -0.160. The van der Waals surface area contributed by atoms with Gasteiger partial charge in [0.05, 0.1) is 11.8 Å². The number of nitrogens with zero attached hydrogens (tertiary/aromatic N) is 1. The first-order valence-corrected chi connectivity index (χ1v) is 13.1. The lowest BCUT2D eigenvalue weighted by Gasteiger charge is -2.26. The van der Waals surface area contributed by atoms with Crippen molar-refractivity contribution in [1.82, 2.24) is 4.90 Å². The molecule has 192 valence electrons. The van der Waals surface area contributed by atoms with Crippen molar-refractivity contribution in [1.29, 1.82) is 0 Å². The molecule has 7 heteroatoms. The molecule has 37 heavy (non-hydrogen) atoms. The van der Waals surface area contributed by atoms with Crippen molar-refractivity contribution in [2.75, 3.05) is 11.9 Å². The van der Waals surface area contributed by atoms with Crippen LogP contribution in [-0.4, -0.2) is 41.2 Å². The van der Waals surface area contributed by atoms with E-state index in [-0.39, 0.29) is 30.1 Å². The van der Waals surface area contributed by atoms with Gasteiger partial charge in [0.25, 0.3) is 5.91 Å². The Balaban J connectivity index is 1.32. The number of esters is 1. The van der Waals surface area contributed by atoms with Gasteiger partial charge in [-0.2, -0.15) is 0 Å². The minimum atomic E-state index is -1.12. The Morgan fingerprint density at radius 1 is 0.919 bits per heavy atom. The molecule has 3 amide bonds. The zero-order valence-corrected chi connectivity index (χ0v) is 21.2. The van der Waals surface area contributed by atoms with Gasteiger partial charge in [-0.1, -0.05) is 74.5 Å². The van der Waals surface area contributed by atoms with Crippen LogP contribution >= 0.6 is 0 Å². The van der Waals surface area contributed by atoms with Crippen LogP contribution in [-0.2, 0) is 43.2 Å². The molecule has 7 nitrogen and oxygen atoms in total. The zero-order chi connectivity index (χ0) is 26.1. The summed E-state index contributed by atoms with van der Waals surface area (Å²) in [6.45, 7) is 3.53. The lowest BCUT2D eigenvalue weighted by atomic mass is 9.85. The maximum absolute atomic E-state index is 13.4. The fourth-order valence-electron chi connectivity index (χ4n) is 6.16. The number of hydrogen-bond acceptors (Lipinski definition) is 5.